The summed E-state index contributed by atoms with van der Waals surface area (Å²) in [6.07, 6.45) is 1.55. The molecule has 0 spiro atoms. The Balaban J connectivity index is 2.10. The zero-order valence-electron chi connectivity index (χ0n) is 14.7. The van der Waals surface area contributed by atoms with Gasteiger partial charge < -0.3 is 19.9 Å². The molecule has 27 heavy (non-hydrogen) atoms. The number of carbonyl (C=O) groups excluding carboxylic acids is 1. The number of aliphatic carboxylic acids is 1. The third-order valence-electron chi connectivity index (χ3n) is 4.04. The molecule has 2 aromatic rings. The number of nitrogens with zero attached hydrogens (tertiary/aromatic N) is 2. The van der Waals surface area contributed by atoms with E-state index in [1.807, 2.05) is 24.3 Å². The van der Waals surface area contributed by atoms with Crippen LogP contribution in [0.4, 0.5) is 5.69 Å². The molecule has 144 valence electrons. The molecule has 0 aliphatic carbocycles. The number of benzene rings is 2. The fourth-order valence-electron chi connectivity index (χ4n) is 2.60. The number of hydrogen-bond donors (Lipinski definition) is 1. The maximum absolute atomic E-state index is 11.4. The number of aromatic hydroxyl groups is 1. The third-order valence-corrected chi connectivity index (χ3v) is 4.38. The molecular weight excluding hydrogens is 387 g/mol. The Kier molecular flexibility index (Phi) is 8.43. The summed E-state index contributed by atoms with van der Waals surface area (Å²) in [6.45, 7) is 1.36. The number of anilines is 1. The lowest BCUT2D eigenvalue weighted by Gasteiger charge is -2.23. The van der Waals surface area contributed by atoms with Crippen LogP contribution < -0.4 is 10.0 Å². The Morgan fingerprint density at radius 3 is 2.30 bits per heavy atom. The normalized spacial score (nSPS) is 12.2. The number of rotatable bonds is 10. The minimum atomic E-state index is -1.27. The number of aliphatic imine (C=N–C) groups is 1. The van der Waals surface area contributed by atoms with Gasteiger partial charge in [0.25, 0.3) is 0 Å². The number of carbonyl (C=O) groups is 1. The number of para-hydroxylation sites is 1. The SMILES string of the molecule is O=C([O-])C(Cc1ccc(N(CCCl)CCCl)cc1)N=Cc1ccccc1O. The molecule has 0 bridgehead atoms. The molecule has 0 saturated carbocycles. The topological polar surface area (TPSA) is 76.0 Å². The van der Waals surface area contributed by atoms with Crippen molar-refractivity contribution in [2.75, 3.05) is 29.7 Å². The van der Waals surface area contributed by atoms with Crippen LogP contribution in [0.2, 0.25) is 0 Å². The van der Waals surface area contributed by atoms with E-state index in [-0.39, 0.29) is 12.2 Å². The summed E-state index contributed by atoms with van der Waals surface area (Å²) in [4.78, 5) is 17.6. The molecule has 1 N–H and O–H groups in total. The molecule has 5 nitrogen and oxygen atoms in total. The zero-order chi connectivity index (χ0) is 19.6. The van der Waals surface area contributed by atoms with Crippen molar-refractivity contribution in [2.45, 2.75) is 12.5 Å². The highest BCUT2D eigenvalue weighted by atomic mass is 35.5. The highest BCUT2D eigenvalue weighted by molar-refractivity contribution is 6.18. The van der Waals surface area contributed by atoms with E-state index in [0.717, 1.165) is 11.3 Å². The van der Waals surface area contributed by atoms with Crippen molar-refractivity contribution in [2.24, 2.45) is 4.99 Å². The lowest BCUT2D eigenvalue weighted by molar-refractivity contribution is -0.307. The second-order valence-electron chi connectivity index (χ2n) is 5.91. The van der Waals surface area contributed by atoms with Gasteiger partial charge in [0.1, 0.15) is 5.75 Å². The second kappa shape index (κ2) is 10.8. The molecule has 2 rings (SSSR count). The van der Waals surface area contributed by atoms with E-state index in [4.69, 9.17) is 23.2 Å². The largest absolute Gasteiger partial charge is 0.548 e. The van der Waals surface area contributed by atoms with Crippen LogP contribution in [0.1, 0.15) is 11.1 Å². The number of halogens is 2. The van der Waals surface area contributed by atoms with Crippen LogP contribution in [-0.4, -0.2) is 48.2 Å². The molecule has 2 aromatic carbocycles. The molecular formula is C20H21Cl2N2O3-. The van der Waals surface area contributed by atoms with E-state index < -0.39 is 12.0 Å². The molecule has 0 heterocycles. The summed E-state index contributed by atoms with van der Waals surface area (Å²) in [5.74, 6) is -0.239. The minimum absolute atomic E-state index is 0.0429. The summed E-state index contributed by atoms with van der Waals surface area (Å²) in [6, 6.07) is 13.1. The zero-order valence-corrected chi connectivity index (χ0v) is 16.2. The molecule has 0 fully saturated rings. The van der Waals surface area contributed by atoms with Gasteiger partial charge in [-0.25, -0.2) is 0 Å². The summed E-state index contributed by atoms with van der Waals surface area (Å²) >= 11 is 11.6. The Labute approximate surface area is 168 Å². The number of phenols is 1. The van der Waals surface area contributed by atoms with Gasteiger partial charge >= 0.3 is 0 Å². The van der Waals surface area contributed by atoms with Crippen molar-refractivity contribution in [3.8, 4) is 5.75 Å². The van der Waals surface area contributed by atoms with Crippen molar-refractivity contribution >= 4 is 41.1 Å². The van der Waals surface area contributed by atoms with Crippen LogP contribution in [0.15, 0.2) is 53.5 Å². The first-order valence-electron chi connectivity index (χ1n) is 8.53. The number of phenolic OH excluding ortho intramolecular Hbond substituents is 1. The molecule has 0 aliphatic heterocycles. The lowest BCUT2D eigenvalue weighted by atomic mass is 10.1. The van der Waals surface area contributed by atoms with Crippen LogP contribution in [-0.2, 0) is 11.2 Å². The maximum atomic E-state index is 11.4. The van der Waals surface area contributed by atoms with Crippen molar-refractivity contribution in [1.29, 1.82) is 0 Å². The molecule has 0 radical (unpaired) electrons. The fourth-order valence-corrected chi connectivity index (χ4v) is 3.01. The summed E-state index contributed by atoms with van der Waals surface area (Å²) in [5, 5.41) is 21.2. The molecule has 0 aromatic heterocycles. The first-order valence-corrected chi connectivity index (χ1v) is 9.60. The average molecular weight is 408 g/mol. The van der Waals surface area contributed by atoms with Crippen molar-refractivity contribution in [3.05, 3.63) is 59.7 Å². The van der Waals surface area contributed by atoms with Crippen LogP contribution >= 0.6 is 23.2 Å². The van der Waals surface area contributed by atoms with Crippen molar-refractivity contribution in [3.63, 3.8) is 0 Å². The van der Waals surface area contributed by atoms with E-state index in [0.29, 0.717) is 30.4 Å². The fraction of sp³-hybridized carbons (Fsp3) is 0.300. The van der Waals surface area contributed by atoms with Gasteiger partial charge in [-0.1, -0.05) is 24.3 Å². The highest BCUT2D eigenvalue weighted by Crippen LogP contribution is 2.18. The van der Waals surface area contributed by atoms with Crippen molar-refractivity contribution in [1.82, 2.24) is 0 Å². The van der Waals surface area contributed by atoms with Gasteiger partial charge in [0.05, 0.1) is 12.0 Å². The van der Waals surface area contributed by atoms with Crippen molar-refractivity contribution < 1.29 is 15.0 Å². The molecule has 1 unspecified atom stereocenters. The highest BCUT2D eigenvalue weighted by Gasteiger charge is 2.11. The Bertz CT molecular complexity index is 760. The smallest absolute Gasteiger partial charge is 0.124 e. The quantitative estimate of drug-likeness (QED) is 0.484. The Morgan fingerprint density at radius 2 is 1.74 bits per heavy atom. The molecule has 1 atom stereocenters. The molecule has 0 amide bonds. The van der Waals surface area contributed by atoms with Gasteiger partial charge in [-0.05, 0) is 29.8 Å². The average Bonchev–Trinajstić information content (AvgIpc) is 2.66. The molecule has 0 saturated heterocycles. The van der Waals surface area contributed by atoms with Gasteiger partial charge in [0, 0.05) is 48.7 Å². The monoisotopic (exact) mass is 407 g/mol. The Hall–Kier alpha value is -2.24. The van der Waals surface area contributed by atoms with Gasteiger partial charge in [-0.3, -0.25) is 4.99 Å². The minimum Gasteiger partial charge on any atom is -0.548 e. The van der Waals surface area contributed by atoms with Gasteiger partial charge in [-0.15, -0.1) is 23.2 Å². The number of carboxylic acids is 1. The Morgan fingerprint density at radius 1 is 1.11 bits per heavy atom. The van der Waals surface area contributed by atoms with Gasteiger partial charge in [-0.2, -0.15) is 0 Å². The van der Waals surface area contributed by atoms with Gasteiger partial charge in [0.15, 0.2) is 0 Å². The van der Waals surface area contributed by atoms with Crippen LogP contribution in [0.3, 0.4) is 0 Å². The van der Waals surface area contributed by atoms with Gasteiger partial charge in [0.2, 0.25) is 0 Å². The standard InChI is InChI=1S/C20H22Cl2N2O3/c21-9-11-24(12-10-22)17-7-5-15(6-8-17)13-18(20(26)27)23-14-16-3-1-2-4-19(16)25/h1-8,14,18,25H,9-13H2,(H,26,27)/p-1. The number of hydrogen-bond acceptors (Lipinski definition) is 5. The second-order valence-corrected chi connectivity index (χ2v) is 6.66. The summed E-state index contributed by atoms with van der Waals surface area (Å²) in [7, 11) is 0. The summed E-state index contributed by atoms with van der Waals surface area (Å²) in [5.41, 5.74) is 2.25. The van der Waals surface area contributed by atoms with Crippen LogP contribution in [0, 0.1) is 0 Å². The lowest BCUT2D eigenvalue weighted by Crippen LogP contribution is -2.36. The van der Waals surface area contributed by atoms with E-state index >= 15 is 0 Å². The van der Waals surface area contributed by atoms with E-state index in [1.54, 1.807) is 18.2 Å². The van der Waals surface area contributed by atoms with Crippen LogP contribution in [0.5, 0.6) is 5.75 Å². The predicted molar refractivity (Wildman–Crippen MR) is 108 cm³/mol. The number of alkyl halides is 2. The third kappa shape index (κ3) is 6.45. The predicted octanol–water partition coefficient (Wildman–Crippen LogP) is 2.46. The molecule has 0 aliphatic rings. The first-order chi connectivity index (χ1) is 13.0. The van der Waals surface area contributed by atoms with Crippen LogP contribution in [0.25, 0.3) is 0 Å². The summed E-state index contributed by atoms with van der Waals surface area (Å²) < 4.78 is 0. The number of carboxylic acid groups (broad SMARTS) is 1. The maximum Gasteiger partial charge on any atom is 0.124 e. The molecule has 7 heteroatoms. The van der Waals surface area contributed by atoms with E-state index in [1.165, 1.54) is 12.3 Å². The first kappa shape index (κ1) is 21.1. The van der Waals surface area contributed by atoms with E-state index in [2.05, 4.69) is 9.89 Å². The van der Waals surface area contributed by atoms with E-state index in [9.17, 15) is 15.0 Å².